The normalized spacial score (nSPS) is 17.5. The number of halogens is 2. The fraction of sp³-hybridized carbons (Fsp3) is 0.444. The van der Waals surface area contributed by atoms with Gasteiger partial charge < -0.3 is 9.47 Å². The first-order valence-corrected chi connectivity index (χ1v) is 8.25. The number of rotatable bonds is 5. The number of aromatic nitrogens is 2. The van der Waals surface area contributed by atoms with Gasteiger partial charge in [0, 0.05) is 37.9 Å². The van der Waals surface area contributed by atoms with Crippen LogP contribution >= 0.6 is 0 Å². The summed E-state index contributed by atoms with van der Waals surface area (Å²) in [5.74, 6) is -0.0141. The second-order valence-corrected chi connectivity index (χ2v) is 6.25. The minimum absolute atomic E-state index is 0.000991. The number of hydrogen-bond donors (Lipinski definition) is 0. The summed E-state index contributed by atoms with van der Waals surface area (Å²) in [7, 11) is 0. The molecule has 1 aliphatic heterocycles. The number of carbonyl (C=O) groups excluding carboxylic acids is 1. The molecule has 1 aromatic heterocycles. The van der Waals surface area contributed by atoms with Crippen LogP contribution in [0.25, 0.3) is 0 Å². The zero-order valence-electron chi connectivity index (χ0n) is 13.7. The Morgan fingerprint density at radius 1 is 1.38 bits per heavy atom. The molecule has 1 saturated heterocycles. The van der Waals surface area contributed by atoms with Crippen molar-refractivity contribution in [3.8, 4) is 0 Å². The second-order valence-electron chi connectivity index (χ2n) is 6.25. The molecule has 1 fully saturated rings. The third kappa shape index (κ3) is 3.63. The van der Waals surface area contributed by atoms with Crippen LogP contribution in [0.15, 0.2) is 30.6 Å². The summed E-state index contributed by atoms with van der Waals surface area (Å²) in [6, 6.07) is 3.50. The van der Waals surface area contributed by atoms with E-state index in [0.717, 1.165) is 43.9 Å². The largest absolute Gasteiger partial charge is 0.338 e. The fourth-order valence-electron chi connectivity index (χ4n) is 3.30. The number of benzene rings is 1. The minimum Gasteiger partial charge on any atom is -0.338 e. The average Bonchev–Trinajstić information content (AvgIpc) is 3.18. The number of imidazole rings is 1. The zero-order chi connectivity index (χ0) is 17.1. The molecule has 0 saturated carbocycles. The maximum atomic E-state index is 13.7. The van der Waals surface area contributed by atoms with Crippen LogP contribution in [0, 0.1) is 18.6 Å². The van der Waals surface area contributed by atoms with Gasteiger partial charge in [-0.15, -0.1) is 0 Å². The molecule has 0 aliphatic carbocycles. The molecular formula is C18H21F2N3O. The van der Waals surface area contributed by atoms with Gasteiger partial charge in [-0.2, -0.15) is 0 Å². The van der Waals surface area contributed by atoms with Crippen molar-refractivity contribution in [2.45, 2.75) is 45.2 Å². The molecule has 1 aliphatic rings. The molecule has 0 bridgehead atoms. The quantitative estimate of drug-likeness (QED) is 0.843. The molecule has 0 N–H and O–H groups in total. The predicted molar refractivity (Wildman–Crippen MR) is 86.4 cm³/mol. The first-order chi connectivity index (χ1) is 11.5. The highest BCUT2D eigenvalue weighted by atomic mass is 19.1. The van der Waals surface area contributed by atoms with Gasteiger partial charge >= 0.3 is 0 Å². The number of hydrogen-bond acceptors (Lipinski definition) is 2. The van der Waals surface area contributed by atoms with Crippen molar-refractivity contribution < 1.29 is 13.6 Å². The third-order valence-corrected chi connectivity index (χ3v) is 4.64. The van der Waals surface area contributed by atoms with E-state index in [1.165, 1.54) is 6.07 Å². The number of carbonyl (C=O) groups is 1. The second kappa shape index (κ2) is 7.11. The van der Waals surface area contributed by atoms with E-state index < -0.39 is 11.6 Å². The monoisotopic (exact) mass is 333 g/mol. The highest BCUT2D eigenvalue weighted by molar-refractivity contribution is 5.77. The van der Waals surface area contributed by atoms with Crippen LogP contribution in [-0.2, 0) is 17.8 Å². The van der Waals surface area contributed by atoms with E-state index in [4.69, 9.17) is 0 Å². The van der Waals surface area contributed by atoms with Gasteiger partial charge in [-0.3, -0.25) is 4.79 Å². The lowest BCUT2D eigenvalue weighted by atomic mass is 10.1. The Labute approximate surface area is 140 Å². The maximum absolute atomic E-state index is 13.7. The Hall–Kier alpha value is -2.24. The van der Waals surface area contributed by atoms with Crippen LogP contribution in [0.3, 0.4) is 0 Å². The highest BCUT2D eigenvalue weighted by Gasteiger charge is 2.28. The third-order valence-electron chi connectivity index (χ3n) is 4.64. The van der Waals surface area contributed by atoms with Crippen molar-refractivity contribution in [2.75, 3.05) is 6.54 Å². The molecule has 6 heteroatoms. The Bertz CT molecular complexity index is 729. The summed E-state index contributed by atoms with van der Waals surface area (Å²) in [4.78, 5) is 18.6. The van der Waals surface area contributed by atoms with Crippen LogP contribution in [0.4, 0.5) is 8.78 Å². The van der Waals surface area contributed by atoms with E-state index in [-0.39, 0.29) is 30.4 Å². The Kier molecular flexibility index (Phi) is 4.92. The number of likely N-dealkylation sites (tertiary alicyclic amines) is 1. The van der Waals surface area contributed by atoms with Gasteiger partial charge in [0.15, 0.2) is 0 Å². The zero-order valence-corrected chi connectivity index (χ0v) is 13.7. The van der Waals surface area contributed by atoms with Gasteiger partial charge in [0.2, 0.25) is 5.91 Å². The van der Waals surface area contributed by atoms with Gasteiger partial charge in [0.05, 0.1) is 0 Å². The molecule has 2 aromatic rings. The summed E-state index contributed by atoms with van der Waals surface area (Å²) >= 11 is 0. The van der Waals surface area contributed by atoms with E-state index in [1.807, 2.05) is 22.6 Å². The number of nitrogens with zero attached hydrogens (tertiary/aromatic N) is 3. The van der Waals surface area contributed by atoms with Gasteiger partial charge in [-0.1, -0.05) is 0 Å². The van der Waals surface area contributed by atoms with Crippen molar-refractivity contribution in [1.82, 2.24) is 14.5 Å². The van der Waals surface area contributed by atoms with Crippen LogP contribution in [0.5, 0.6) is 0 Å². The Balaban J connectivity index is 1.61. The van der Waals surface area contributed by atoms with E-state index in [9.17, 15) is 13.6 Å². The van der Waals surface area contributed by atoms with Crippen LogP contribution in [-0.4, -0.2) is 32.9 Å². The molecule has 1 aromatic carbocycles. The standard InChI is InChI=1S/C18H21F2N3O/c1-13-21-8-10-22(13)12-16-3-2-9-23(16)18(24)7-4-14-11-15(19)5-6-17(14)20/h5-6,8,10-11,16H,2-4,7,9,12H2,1H3. The lowest BCUT2D eigenvalue weighted by Crippen LogP contribution is -2.38. The molecule has 128 valence electrons. The summed E-state index contributed by atoms with van der Waals surface area (Å²) in [5.41, 5.74) is 0.254. The molecule has 24 heavy (non-hydrogen) atoms. The number of aryl methyl sites for hydroxylation is 2. The van der Waals surface area contributed by atoms with Gasteiger partial charge in [-0.25, -0.2) is 13.8 Å². The molecule has 1 atom stereocenters. The van der Waals surface area contributed by atoms with Crippen molar-refractivity contribution in [3.05, 3.63) is 53.6 Å². The van der Waals surface area contributed by atoms with E-state index in [2.05, 4.69) is 4.98 Å². The first kappa shape index (κ1) is 16.6. The summed E-state index contributed by atoms with van der Waals surface area (Å²) < 4.78 is 28.9. The first-order valence-electron chi connectivity index (χ1n) is 8.25. The van der Waals surface area contributed by atoms with Crippen molar-refractivity contribution in [2.24, 2.45) is 0 Å². The SMILES string of the molecule is Cc1nccn1CC1CCCN1C(=O)CCc1cc(F)ccc1F. The molecular weight excluding hydrogens is 312 g/mol. The van der Waals surface area contributed by atoms with Crippen molar-refractivity contribution in [3.63, 3.8) is 0 Å². The topological polar surface area (TPSA) is 38.1 Å². The Morgan fingerprint density at radius 2 is 2.21 bits per heavy atom. The maximum Gasteiger partial charge on any atom is 0.223 e. The van der Waals surface area contributed by atoms with Crippen molar-refractivity contribution >= 4 is 5.91 Å². The van der Waals surface area contributed by atoms with Crippen LogP contribution in [0.2, 0.25) is 0 Å². The Morgan fingerprint density at radius 3 is 2.96 bits per heavy atom. The van der Waals surface area contributed by atoms with Crippen LogP contribution < -0.4 is 0 Å². The molecule has 0 radical (unpaired) electrons. The highest BCUT2D eigenvalue weighted by Crippen LogP contribution is 2.21. The molecule has 4 nitrogen and oxygen atoms in total. The average molecular weight is 333 g/mol. The summed E-state index contributed by atoms with van der Waals surface area (Å²) in [6.45, 7) is 3.39. The molecule has 2 heterocycles. The van der Waals surface area contributed by atoms with Gasteiger partial charge in [0.1, 0.15) is 17.5 Å². The molecule has 0 spiro atoms. The predicted octanol–water partition coefficient (Wildman–Crippen LogP) is 3.09. The van der Waals surface area contributed by atoms with E-state index in [1.54, 1.807) is 6.20 Å². The van der Waals surface area contributed by atoms with E-state index >= 15 is 0 Å². The summed E-state index contributed by atoms with van der Waals surface area (Å²) in [5, 5.41) is 0. The van der Waals surface area contributed by atoms with Gasteiger partial charge in [0.25, 0.3) is 0 Å². The smallest absolute Gasteiger partial charge is 0.223 e. The summed E-state index contributed by atoms with van der Waals surface area (Å²) in [6.07, 6.45) is 6.01. The fourth-order valence-corrected chi connectivity index (χ4v) is 3.30. The van der Waals surface area contributed by atoms with Gasteiger partial charge in [-0.05, 0) is 49.9 Å². The van der Waals surface area contributed by atoms with Crippen LogP contribution in [0.1, 0.15) is 30.7 Å². The molecule has 1 unspecified atom stereocenters. The lowest BCUT2D eigenvalue weighted by Gasteiger charge is -2.25. The number of amides is 1. The minimum atomic E-state index is -0.478. The lowest BCUT2D eigenvalue weighted by molar-refractivity contribution is -0.132. The molecule has 3 rings (SSSR count). The van der Waals surface area contributed by atoms with Crippen molar-refractivity contribution in [1.29, 1.82) is 0 Å². The molecule has 1 amide bonds. The van der Waals surface area contributed by atoms with E-state index in [0.29, 0.717) is 0 Å².